The molecule has 12 heteroatoms. The molecule has 1 aliphatic rings. The number of hydrogen-bond acceptors (Lipinski definition) is 9. The average molecular weight is 632 g/mol. The first kappa shape index (κ1) is 32.0. The first-order valence-corrected chi connectivity index (χ1v) is 16.7. The lowest BCUT2D eigenvalue weighted by Gasteiger charge is -2.26. The van der Waals surface area contributed by atoms with Crippen LogP contribution in [0.15, 0.2) is 54.2 Å². The summed E-state index contributed by atoms with van der Waals surface area (Å²) in [5.41, 5.74) is 5.87. The molecule has 2 N–H and O–H groups in total. The van der Waals surface area contributed by atoms with Gasteiger partial charge in [-0.15, -0.1) is 0 Å². The minimum atomic E-state index is -3.45. The molecule has 2 aromatic heterocycles. The van der Waals surface area contributed by atoms with Crippen molar-refractivity contribution in [1.29, 1.82) is 0 Å². The summed E-state index contributed by atoms with van der Waals surface area (Å²) in [4.78, 5) is 26.2. The highest BCUT2D eigenvalue weighted by Gasteiger charge is 2.29. The second kappa shape index (κ2) is 12.5. The summed E-state index contributed by atoms with van der Waals surface area (Å²) >= 11 is 0. The number of benzene rings is 2. The van der Waals surface area contributed by atoms with Crippen molar-refractivity contribution in [2.24, 2.45) is 0 Å². The fraction of sp³-hybridized carbons (Fsp3) is 0.364. The number of aryl methyl sites for hydroxylation is 2. The van der Waals surface area contributed by atoms with Crippen LogP contribution in [0, 0.1) is 13.8 Å². The summed E-state index contributed by atoms with van der Waals surface area (Å²) in [7, 11) is 4.10. The van der Waals surface area contributed by atoms with Crippen molar-refractivity contribution >= 4 is 49.7 Å². The van der Waals surface area contributed by atoms with E-state index in [9.17, 15) is 13.2 Å². The van der Waals surface area contributed by atoms with E-state index in [4.69, 9.17) is 9.72 Å². The number of carbonyl (C=O) groups is 1. The SMILES string of the molecule is C=CC(=O)Nc1cc(Nc2nccc(-c3cn(C4CC4)c4cc(C)c(S(C)(=O)=O)c(C)c34)n2)c(OC)cc1N(C)CCN(C)C. The minimum absolute atomic E-state index is 0.320. The van der Waals surface area contributed by atoms with Crippen LogP contribution in [0.3, 0.4) is 0 Å². The van der Waals surface area contributed by atoms with Crippen molar-refractivity contribution in [2.45, 2.75) is 37.6 Å². The predicted octanol–water partition coefficient (Wildman–Crippen LogP) is 5.33. The Kier molecular flexibility index (Phi) is 8.90. The Morgan fingerprint density at radius 2 is 1.89 bits per heavy atom. The van der Waals surface area contributed by atoms with Crippen LogP contribution >= 0.6 is 0 Å². The Balaban J connectivity index is 1.58. The third-order valence-corrected chi connectivity index (χ3v) is 9.41. The van der Waals surface area contributed by atoms with Crippen molar-refractivity contribution in [3.63, 3.8) is 0 Å². The standard InChI is InChI=1S/C33H41N7O4S/c1-9-30(41)35-25-17-26(29(44-7)18-27(25)39(6)15-14-38(4)5)37-33-34-13-12-24(36-33)23-19-40(22-10-11-22)28-16-20(2)32(45(8,42)43)21(3)31(23)28/h9,12-13,16-19,22H,1,10-11,14-15H2,2-8H3,(H,35,41)(H,34,36,37). The normalized spacial score (nSPS) is 13.2. The van der Waals surface area contributed by atoms with Gasteiger partial charge in [-0.05, 0) is 76.2 Å². The third-order valence-electron chi connectivity index (χ3n) is 8.04. The topological polar surface area (TPSA) is 122 Å². The lowest BCUT2D eigenvalue weighted by atomic mass is 10.0. The van der Waals surface area contributed by atoms with Crippen molar-refractivity contribution < 1.29 is 17.9 Å². The molecule has 1 amide bonds. The Morgan fingerprint density at radius 1 is 1.16 bits per heavy atom. The zero-order valence-corrected chi connectivity index (χ0v) is 27.7. The van der Waals surface area contributed by atoms with Gasteiger partial charge in [-0.1, -0.05) is 6.58 Å². The van der Waals surface area contributed by atoms with Crippen LogP contribution < -0.4 is 20.3 Å². The van der Waals surface area contributed by atoms with Gasteiger partial charge in [0, 0.05) is 67.4 Å². The largest absolute Gasteiger partial charge is 0.494 e. The van der Waals surface area contributed by atoms with Gasteiger partial charge in [-0.2, -0.15) is 0 Å². The van der Waals surface area contributed by atoms with Crippen LogP contribution in [0.4, 0.5) is 23.0 Å². The number of hydrogen-bond donors (Lipinski definition) is 2. The van der Waals surface area contributed by atoms with Gasteiger partial charge in [0.1, 0.15) is 5.75 Å². The average Bonchev–Trinajstić information content (AvgIpc) is 3.75. The van der Waals surface area contributed by atoms with Crippen LogP contribution in [-0.2, 0) is 14.6 Å². The summed E-state index contributed by atoms with van der Waals surface area (Å²) in [6.45, 7) is 8.85. The number of sulfone groups is 1. The zero-order chi connectivity index (χ0) is 32.6. The number of likely N-dealkylation sites (N-methyl/N-ethyl adjacent to an activating group) is 2. The molecule has 0 aliphatic heterocycles. The van der Waals surface area contributed by atoms with Gasteiger partial charge in [0.25, 0.3) is 0 Å². The molecule has 238 valence electrons. The highest BCUT2D eigenvalue weighted by molar-refractivity contribution is 7.90. The molecule has 1 fully saturated rings. The van der Waals surface area contributed by atoms with Crippen molar-refractivity contribution in [3.8, 4) is 17.0 Å². The van der Waals surface area contributed by atoms with Gasteiger partial charge < -0.3 is 29.7 Å². The molecule has 0 atom stereocenters. The van der Waals surface area contributed by atoms with Crippen molar-refractivity contribution in [3.05, 3.63) is 60.4 Å². The number of ether oxygens (including phenoxy) is 1. The van der Waals surface area contributed by atoms with Gasteiger partial charge in [-0.25, -0.2) is 18.4 Å². The summed E-state index contributed by atoms with van der Waals surface area (Å²) < 4.78 is 33.6. The number of anilines is 4. The summed E-state index contributed by atoms with van der Waals surface area (Å²) in [6, 6.07) is 7.84. The molecule has 5 rings (SSSR count). The van der Waals surface area contributed by atoms with Crippen molar-refractivity contribution in [2.75, 3.05) is 63.1 Å². The maximum atomic E-state index is 12.8. The van der Waals surface area contributed by atoms with Gasteiger partial charge in [0.2, 0.25) is 11.9 Å². The number of rotatable bonds is 12. The number of fused-ring (bicyclic) bond motifs is 1. The van der Waals surface area contributed by atoms with E-state index < -0.39 is 9.84 Å². The molecule has 0 spiro atoms. The second-order valence-electron chi connectivity index (χ2n) is 11.9. The first-order valence-electron chi connectivity index (χ1n) is 14.8. The Morgan fingerprint density at radius 3 is 2.51 bits per heavy atom. The Labute approximate surface area is 264 Å². The quantitative estimate of drug-likeness (QED) is 0.200. The fourth-order valence-electron chi connectivity index (χ4n) is 5.78. The molecule has 1 aliphatic carbocycles. The highest BCUT2D eigenvalue weighted by Crippen LogP contribution is 2.44. The monoisotopic (exact) mass is 631 g/mol. The molecule has 0 radical (unpaired) electrons. The van der Waals surface area contributed by atoms with E-state index >= 15 is 0 Å². The van der Waals surface area contributed by atoms with E-state index in [1.165, 1.54) is 12.3 Å². The van der Waals surface area contributed by atoms with Gasteiger partial charge in [-0.3, -0.25) is 4.79 Å². The van der Waals surface area contributed by atoms with E-state index in [0.717, 1.165) is 53.6 Å². The molecule has 0 saturated heterocycles. The van der Waals surface area contributed by atoms with E-state index in [2.05, 4.69) is 37.9 Å². The van der Waals surface area contributed by atoms with Crippen molar-refractivity contribution in [1.82, 2.24) is 19.4 Å². The molecule has 0 unspecified atom stereocenters. The summed E-state index contributed by atoms with van der Waals surface area (Å²) in [5.74, 6) is 0.528. The van der Waals surface area contributed by atoms with Crippen LogP contribution in [-0.4, -0.2) is 81.4 Å². The predicted molar refractivity (Wildman–Crippen MR) is 181 cm³/mol. The maximum Gasteiger partial charge on any atom is 0.247 e. The second-order valence-corrected chi connectivity index (χ2v) is 13.8. The lowest BCUT2D eigenvalue weighted by Crippen LogP contribution is -2.29. The highest BCUT2D eigenvalue weighted by atomic mass is 32.2. The maximum absolute atomic E-state index is 12.8. The van der Waals surface area contributed by atoms with Crippen LogP contribution in [0.2, 0.25) is 0 Å². The number of methoxy groups -OCH3 is 1. The van der Waals surface area contributed by atoms with E-state index in [-0.39, 0.29) is 5.91 Å². The van der Waals surface area contributed by atoms with E-state index in [0.29, 0.717) is 45.3 Å². The smallest absolute Gasteiger partial charge is 0.247 e. The number of nitrogens with zero attached hydrogens (tertiary/aromatic N) is 5. The molecule has 11 nitrogen and oxygen atoms in total. The van der Waals surface area contributed by atoms with Gasteiger partial charge in [0.15, 0.2) is 9.84 Å². The number of carbonyl (C=O) groups excluding carboxylic acids is 1. The lowest BCUT2D eigenvalue weighted by molar-refractivity contribution is -0.111. The number of aromatic nitrogens is 3. The molecule has 4 aromatic rings. The molecule has 2 heterocycles. The summed E-state index contributed by atoms with van der Waals surface area (Å²) in [6.07, 6.45) is 8.39. The number of amides is 1. The summed E-state index contributed by atoms with van der Waals surface area (Å²) in [5, 5.41) is 7.06. The third kappa shape index (κ3) is 6.66. The Bertz CT molecular complexity index is 1890. The zero-order valence-electron chi connectivity index (χ0n) is 26.9. The van der Waals surface area contributed by atoms with Crippen LogP contribution in [0.25, 0.3) is 22.2 Å². The van der Waals surface area contributed by atoms with E-state index in [1.54, 1.807) is 19.4 Å². The van der Waals surface area contributed by atoms with Crippen LogP contribution in [0.1, 0.15) is 30.0 Å². The van der Waals surface area contributed by atoms with Crippen LogP contribution in [0.5, 0.6) is 5.75 Å². The van der Waals surface area contributed by atoms with Gasteiger partial charge >= 0.3 is 0 Å². The van der Waals surface area contributed by atoms with E-state index in [1.807, 2.05) is 58.1 Å². The molecule has 0 bridgehead atoms. The molecular formula is C33H41N7O4S. The molecule has 2 aromatic carbocycles. The van der Waals surface area contributed by atoms with Gasteiger partial charge in [0.05, 0.1) is 34.8 Å². The Hall–Kier alpha value is -4.42. The minimum Gasteiger partial charge on any atom is -0.494 e. The fourth-order valence-corrected chi connectivity index (χ4v) is 7.08. The molecule has 45 heavy (non-hydrogen) atoms. The first-order chi connectivity index (χ1) is 21.3. The number of nitrogens with one attached hydrogen (secondary N) is 2. The molecular weight excluding hydrogens is 590 g/mol. The molecule has 1 saturated carbocycles.